The summed E-state index contributed by atoms with van der Waals surface area (Å²) in [7, 11) is 0. The van der Waals surface area contributed by atoms with Gasteiger partial charge in [0.25, 0.3) is 5.91 Å². The van der Waals surface area contributed by atoms with Crippen LogP contribution in [0.15, 0.2) is 12.1 Å². The maximum Gasteiger partial charge on any atom is 0.339 e. The number of esters is 1. The average molecular weight is 397 g/mol. The highest BCUT2D eigenvalue weighted by molar-refractivity contribution is 7.16. The highest BCUT2D eigenvalue weighted by Gasteiger charge is 2.22. The Hall–Kier alpha value is -2.65. The van der Waals surface area contributed by atoms with E-state index in [4.69, 9.17) is 4.74 Å². The van der Waals surface area contributed by atoms with Crippen LogP contribution in [0.2, 0.25) is 0 Å². The molecule has 28 heavy (non-hydrogen) atoms. The maximum atomic E-state index is 12.4. The summed E-state index contributed by atoms with van der Waals surface area (Å²) in [6, 6.07) is 6.07. The Labute approximate surface area is 169 Å². The highest BCUT2D eigenvalue weighted by atomic mass is 32.1. The molecule has 3 rings (SSSR count). The number of hydrogen-bond donors (Lipinski definition) is 1. The summed E-state index contributed by atoms with van der Waals surface area (Å²) in [4.78, 5) is 25.9. The second-order valence-corrected chi connectivity index (χ2v) is 8.38. The van der Waals surface area contributed by atoms with Crippen molar-refractivity contribution in [3.8, 4) is 6.07 Å². The number of carbonyl (C=O) groups is 2. The lowest BCUT2D eigenvalue weighted by Gasteiger charge is -2.11. The first-order valence-corrected chi connectivity index (χ1v) is 10.3. The third kappa shape index (κ3) is 4.26. The fourth-order valence-corrected chi connectivity index (χ4v) is 5.07. The van der Waals surface area contributed by atoms with Crippen molar-refractivity contribution in [1.29, 1.82) is 5.26 Å². The van der Waals surface area contributed by atoms with Crippen LogP contribution in [0.1, 0.15) is 62.3 Å². The predicted molar refractivity (Wildman–Crippen MR) is 110 cm³/mol. The summed E-state index contributed by atoms with van der Waals surface area (Å²) in [5.41, 5.74) is 4.87. The standard InChI is InChI=1S/C22H24N2O3S/c1-13-9-14(2)20(15(3)10-13)22(26)27-12-19(25)24-21-17(11-23)16-7-5-4-6-8-18(16)28-21/h9-10H,4-8,12H2,1-3H3,(H,24,25). The summed E-state index contributed by atoms with van der Waals surface area (Å²) in [5.74, 6) is -0.934. The van der Waals surface area contributed by atoms with E-state index in [9.17, 15) is 14.9 Å². The molecule has 0 aliphatic heterocycles. The number of nitrogens with zero attached hydrogens (tertiary/aromatic N) is 1. The zero-order chi connectivity index (χ0) is 20.3. The zero-order valence-corrected chi connectivity index (χ0v) is 17.3. The minimum Gasteiger partial charge on any atom is -0.452 e. The van der Waals surface area contributed by atoms with Gasteiger partial charge in [0.05, 0.1) is 11.1 Å². The molecule has 0 atom stereocenters. The Morgan fingerprint density at radius 3 is 2.50 bits per heavy atom. The number of benzene rings is 1. The van der Waals surface area contributed by atoms with E-state index in [0.29, 0.717) is 16.1 Å². The first-order valence-electron chi connectivity index (χ1n) is 9.50. The van der Waals surface area contributed by atoms with Gasteiger partial charge in [-0.1, -0.05) is 24.1 Å². The van der Waals surface area contributed by atoms with Crippen LogP contribution < -0.4 is 5.32 Å². The van der Waals surface area contributed by atoms with Gasteiger partial charge in [-0.3, -0.25) is 4.79 Å². The lowest BCUT2D eigenvalue weighted by molar-refractivity contribution is -0.119. The van der Waals surface area contributed by atoms with Gasteiger partial charge in [-0.2, -0.15) is 5.26 Å². The van der Waals surface area contributed by atoms with E-state index < -0.39 is 11.9 Å². The van der Waals surface area contributed by atoms with Crippen molar-refractivity contribution in [3.63, 3.8) is 0 Å². The van der Waals surface area contributed by atoms with Crippen molar-refractivity contribution < 1.29 is 14.3 Å². The molecule has 0 fully saturated rings. The Morgan fingerprint density at radius 1 is 1.14 bits per heavy atom. The minimum absolute atomic E-state index is 0.376. The molecule has 6 heteroatoms. The number of nitriles is 1. The number of anilines is 1. The number of carbonyl (C=O) groups excluding carboxylic acids is 2. The molecule has 1 aromatic carbocycles. The zero-order valence-electron chi connectivity index (χ0n) is 16.5. The number of hydrogen-bond acceptors (Lipinski definition) is 5. The van der Waals surface area contributed by atoms with Crippen molar-refractivity contribution in [2.45, 2.75) is 52.9 Å². The predicted octanol–water partition coefficient (Wildman–Crippen LogP) is 4.61. The number of rotatable bonds is 4. The number of nitrogens with one attached hydrogen (secondary N) is 1. The van der Waals surface area contributed by atoms with E-state index in [2.05, 4.69) is 11.4 Å². The summed E-state index contributed by atoms with van der Waals surface area (Å²) >= 11 is 1.47. The molecule has 1 aliphatic carbocycles. The van der Waals surface area contributed by atoms with Gasteiger partial charge >= 0.3 is 5.97 Å². The number of thiophene rings is 1. The van der Waals surface area contributed by atoms with Gasteiger partial charge in [0.15, 0.2) is 6.61 Å². The lowest BCUT2D eigenvalue weighted by atomic mass is 10.00. The van der Waals surface area contributed by atoms with E-state index in [0.717, 1.165) is 47.9 Å². The Morgan fingerprint density at radius 2 is 1.82 bits per heavy atom. The third-order valence-corrected chi connectivity index (χ3v) is 6.21. The molecule has 2 aromatic rings. The molecule has 146 valence electrons. The fourth-order valence-electron chi connectivity index (χ4n) is 3.82. The molecule has 1 heterocycles. The molecule has 0 bridgehead atoms. The Kier molecular flexibility index (Phi) is 6.15. The van der Waals surface area contributed by atoms with Gasteiger partial charge < -0.3 is 10.1 Å². The van der Waals surface area contributed by atoms with Gasteiger partial charge in [-0.25, -0.2) is 4.79 Å². The van der Waals surface area contributed by atoms with Crippen LogP contribution >= 0.6 is 11.3 Å². The molecule has 0 radical (unpaired) electrons. The normalized spacial score (nSPS) is 13.2. The summed E-state index contributed by atoms with van der Waals surface area (Å²) in [6.07, 6.45) is 5.18. The molecule has 0 spiro atoms. The second-order valence-electron chi connectivity index (χ2n) is 7.28. The van der Waals surface area contributed by atoms with Gasteiger partial charge in [0.2, 0.25) is 0 Å². The SMILES string of the molecule is Cc1cc(C)c(C(=O)OCC(=O)Nc2sc3c(c2C#N)CCCCC3)c(C)c1. The first-order chi connectivity index (χ1) is 13.4. The van der Waals surface area contributed by atoms with Crippen molar-refractivity contribution in [1.82, 2.24) is 0 Å². The van der Waals surface area contributed by atoms with Crippen LogP contribution in [0, 0.1) is 32.1 Å². The van der Waals surface area contributed by atoms with Crippen molar-refractivity contribution >= 4 is 28.2 Å². The van der Waals surface area contributed by atoms with E-state index >= 15 is 0 Å². The van der Waals surface area contributed by atoms with Crippen LogP contribution in [0.3, 0.4) is 0 Å². The molecule has 0 saturated heterocycles. The minimum atomic E-state index is -0.507. The van der Waals surface area contributed by atoms with Gasteiger partial charge in [0, 0.05) is 4.88 Å². The largest absolute Gasteiger partial charge is 0.452 e. The number of aryl methyl sites for hydroxylation is 4. The van der Waals surface area contributed by atoms with E-state index in [1.807, 2.05) is 32.9 Å². The smallest absolute Gasteiger partial charge is 0.339 e. The number of fused-ring (bicyclic) bond motifs is 1. The molecule has 0 unspecified atom stereocenters. The van der Waals surface area contributed by atoms with Crippen molar-refractivity contribution in [2.75, 3.05) is 11.9 Å². The maximum absolute atomic E-state index is 12.4. The van der Waals surface area contributed by atoms with Gasteiger partial charge in [0.1, 0.15) is 11.1 Å². The van der Waals surface area contributed by atoms with E-state index in [1.54, 1.807) is 0 Å². The van der Waals surface area contributed by atoms with Crippen LogP contribution in [0.5, 0.6) is 0 Å². The molecule has 0 saturated carbocycles. The summed E-state index contributed by atoms with van der Waals surface area (Å²) < 4.78 is 5.23. The monoisotopic (exact) mass is 396 g/mol. The fraction of sp³-hybridized carbons (Fsp3) is 0.409. The average Bonchev–Trinajstić information content (AvgIpc) is 2.78. The Balaban J connectivity index is 1.67. The van der Waals surface area contributed by atoms with Crippen LogP contribution in [-0.4, -0.2) is 18.5 Å². The number of amides is 1. The molecule has 1 N–H and O–H groups in total. The van der Waals surface area contributed by atoms with Crippen LogP contribution in [0.25, 0.3) is 0 Å². The second kappa shape index (κ2) is 8.57. The topological polar surface area (TPSA) is 79.2 Å². The van der Waals surface area contributed by atoms with Gasteiger partial charge in [-0.15, -0.1) is 11.3 Å². The number of ether oxygens (including phenoxy) is 1. The first kappa shape index (κ1) is 20.1. The quantitative estimate of drug-likeness (QED) is 0.605. The molecule has 1 amide bonds. The van der Waals surface area contributed by atoms with Crippen molar-refractivity contribution in [2.24, 2.45) is 0 Å². The Bertz CT molecular complexity index is 946. The molecule has 5 nitrogen and oxygen atoms in total. The molecular weight excluding hydrogens is 372 g/mol. The highest BCUT2D eigenvalue weighted by Crippen LogP contribution is 2.36. The van der Waals surface area contributed by atoms with E-state index in [-0.39, 0.29) is 6.61 Å². The molecule has 1 aromatic heterocycles. The van der Waals surface area contributed by atoms with Crippen LogP contribution in [0.4, 0.5) is 5.00 Å². The summed E-state index contributed by atoms with van der Waals surface area (Å²) in [6.45, 7) is 5.31. The van der Waals surface area contributed by atoms with Crippen LogP contribution in [-0.2, 0) is 22.4 Å². The third-order valence-electron chi connectivity index (χ3n) is 5.00. The van der Waals surface area contributed by atoms with Crippen molar-refractivity contribution in [3.05, 3.63) is 50.4 Å². The summed E-state index contributed by atoms with van der Waals surface area (Å²) in [5, 5.41) is 12.9. The van der Waals surface area contributed by atoms with Gasteiger partial charge in [-0.05, 0) is 63.1 Å². The van der Waals surface area contributed by atoms with E-state index in [1.165, 1.54) is 22.6 Å². The molecular formula is C22H24N2O3S. The lowest BCUT2D eigenvalue weighted by Crippen LogP contribution is -2.21. The molecule has 1 aliphatic rings.